The van der Waals surface area contributed by atoms with E-state index in [1.54, 1.807) is 29.0 Å². The van der Waals surface area contributed by atoms with Gasteiger partial charge in [-0.15, -0.1) is 5.10 Å². The van der Waals surface area contributed by atoms with Crippen LogP contribution in [-0.4, -0.2) is 21.3 Å². The molecular weight excluding hydrogens is 245 g/mol. The zero-order chi connectivity index (χ0) is 13.8. The van der Waals surface area contributed by atoms with Crippen LogP contribution < -0.4 is 0 Å². The summed E-state index contributed by atoms with van der Waals surface area (Å²) in [5.74, 6) is -0.278. The Bertz CT molecular complexity index is 600. The third kappa shape index (κ3) is 2.93. The molecule has 0 spiro atoms. The van der Waals surface area contributed by atoms with Gasteiger partial charge < -0.3 is 0 Å². The fraction of sp³-hybridized carbons (Fsp3) is 0.214. The molecule has 0 fully saturated rings. The third-order valence-corrected chi connectivity index (χ3v) is 2.66. The highest BCUT2D eigenvalue weighted by Gasteiger charge is 2.11. The maximum absolute atomic E-state index is 12.8. The minimum Gasteiger partial charge on any atom is -0.296 e. The van der Waals surface area contributed by atoms with Crippen molar-refractivity contribution in [3.8, 4) is 0 Å². The van der Waals surface area contributed by atoms with Crippen LogP contribution in [0.25, 0.3) is 12.2 Å². The van der Waals surface area contributed by atoms with Crippen LogP contribution >= 0.6 is 0 Å². The van der Waals surface area contributed by atoms with E-state index in [9.17, 15) is 9.18 Å². The Morgan fingerprint density at radius 1 is 1.21 bits per heavy atom. The van der Waals surface area contributed by atoms with Crippen LogP contribution in [0.1, 0.15) is 41.6 Å². The Morgan fingerprint density at radius 3 is 2.47 bits per heavy atom. The molecule has 1 aromatic carbocycles. The molecule has 98 valence electrons. The summed E-state index contributed by atoms with van der Waals surface area (Å²) in [7, 11) is 0. The van der Waals surface area contributed by atoms with Crippen molar-refractivity contribution in [2.24, 2.45) is 0 Å². The lowest BCUT2D eigenvalue weighted by Gasteiger charge is -2.06. The molecule has 2 rings (SSSR count). The second kappa shape index (κ2) is 5.56. The predicted molar refractivity (Wildman–Crippen MR) is 71.1 cm³/mol. The number of carbonyl (C=O) groups is 1. The number of nitrogens with zero attached hydrogens (tertiary/aromatic N) is 3. The Morgan fingerprint density at radius 2 is 1.89 bits per heavy atom. The van der Waals surface area contributed by atoms with Crippen molar-refractivity contribution in [2.45, 2.75) is 19.9 Å². The maximum Gasteiger partial charge on any atom is 0.172 e. The molecule has 4 nitrogen and oxygen atoms in total. The summed E-state index contributed by atoms with van der Waals surface area (Å²) in [5, 5.41) is 7.75. The lowest BCUT2D eigenvalue weighted by Crippen LogP contribution is -2.05. The van der Waals surface area contributed by atoms with Gasteiger partial charge in [-0.25, -0.2) is 9.07 Å². The van der Waals surface area contributed by atoms with Gasteiger partial charge in [-0.3, -0.25) is 4.79 Å². The van der Waals surface area contributed by atoms with Gasteiger partial charge in [0.1, 0.15) is 5.82 Å². The number of rotatable bonds is 4. The quantitative estimate of drug-likeness (QED) is 0.793. The first-order valence-corrected chi connectivity index (χ1v) is 5.96. The summed E-state index contributed by atoms with van der Waals surface area (Å²) in [6.45, 7) is 3.91. The fourth-order valence-electron chi connectivity index (χ4n) is 1.69. The van der Waals surface area contributed by atoms with Crippen LogP contribution in [0.3, 0.4) is 0 Å². The minimum absolute atomic E-state index is 0.106. The van der Waals surface area contributed by atoms with E-state index in [0.717, 1.165) is 5.56 Å². The summed E-state index contributed by atoms with van der Waals surface area (Å²) in [5.41, 5.74) is 1.79. The molecule has 1 heterocycles. The van der Waals surface area contributed by atoms with E-state index in [1.807, 2.05) is 13.8 Å². The Kier molecular flexibility index (Phi) is 3.85. The first-order chi connectivity index (χ1) is 9.11. The highest BCUT2D eigenvalue weighted by Crippen LogP contribution is 2.14. The Hall–Kier alpha value is -2.30. The largest absolute Gasteiger partial charge is 0.296 e. The Labute approximate surface area is 110 Å². The minimum atomic E-state index is -0.278. The third-order valence-electron chi connectivity index (χ3n) is 2.66. The Balaban J connectivity index is 2.34. The predicted octanol–water partition coefficient (Wildman–Crippen LogP) is 2.98. The van der Waals surface area contributed by atoms with Crippen molar-refractivity contribution >= 4 is 18.4 Å². The van der Waals surface area contributed by atoms with Crippen LogP contribution in [0.15, 0.2) is 24.3 Å². The molecule has 0 saturated carbocycles. The number of aldehydes is 1. The molecule has 2 aromatic rings. The lowest BCUT2D eigenvalue weighted by molar-refractivity contribution is 0.111. The molecule has 0 bridgehead atoms. The van der Waals surface area contributed by atoms with Crippen LogP contribution in [0.4, 0.5) is 4.39 Å². The topological polar surface area (TPSA) is 47.8 Å². The summed E-state index contributed by atoms with van der Waals surface area (Å²) in [4.78, 5) is 10.9. The molecule has 0 atom stereocenters. The summed E-state index contributed by atoms with van der Waals surface area (Å²) >= 11 is 0. The smallest absolute Gasteiger partial charge is 0.172 e. The molecule has 19 heavy (non-hydrogen) atoms. The highest BCUT2D eigenvalue weighted by molar-refractivity contribution is 5.81. The van der Waals surface area contributed by atoms with E-state index in [-0.39, 0.29) is 11.9 Å². The van der Waals surface area contributed by atoms with Gasteiger partial charge in [-0.1, -0.05) is 23.4 Å². The second-order valence-corrected chi connectivity index (χ2v) is 4.40. The number of hydrogen-bond donors (Lipinski definition) is 0. The molecule has 0 aliphatic rings. The number of benzene rings is 1. The fourth-order valence-corrected chi connectivity index (χ4v) is 1.69. The van der Waals surface area contributed by atoms with Crippen molar-refractivity contribution in [3.63, 3.8) is 0 Å². The molecule has 0 amide bonds. The standard InChI is InChI=1S/C14H14FN3O/c1-10(2)18-14(13(9-19)16-17-18)8-5-11-3-6-12(15)7-4-11/h3-10H,1-2H3/b8-5+. The second-order valence-electron chi connectivity index (χ2n) is 4.40. The van der Waals surface area contributed by atoms with Gasteiger partial charge in [0.05, 0.1) is 5.69 Å². The average molecular weight is 259 g/mol. The SMILES string of the molecule is CC(C)n1nnc(C=O)c1/C=C/c1ccc(F)cc1. The summed E-state index contributed by atoms with van der Waals surface area (Å²) in [6.07, 6.45) is 4.23. The number of halogens is 1. The number of hydrogen-bond acceptors (Lipinski definition) is 3. The van der Waals surface area contributed by atoms with E-state index in [2.05, 4.69) is 10.3 Å². The van der Waals surface area contributed by atoms with Crippen molar-refractivity contribution in [3.05, 3.63) is 47.0 Å². The molecule has 1 aromatic heterocycles. The molecule has 0 radical (unpaired) electrons. The van der Waals surface area contributed by atoms with Crippen molar-refractivity contribution in [1.82, 2.24) is 15.0 Å². The van der Waals surface area contributed by atoms with Crippen LogP contribution in [0.5, 0.6) is 0 Å². The van der Waals surface area contributed by atoms with Gasteiger partial charge in [0.15, 0.2) is 12.0 Å². The average Bonchev–Trinajstić information content (AvgIpc) is 2.81. The molecule has 0 aliphatic heterocycles. The number of carbonyl (C=O) groups excluding carboxylic acids is 1. The van der Waals surface area contributed by atoms with E-state index in [1.165, 1.54) is 12.1 Å². The van der Waals surface area contributed by atoms with Gasteiger partial charge in [-0.2, -0.15) is 0 Å². The van der Waals surface area contributed by atoms with Gasteiger partial charge in [0, 0.05) is 6.04 Å². The van der Waals surface area contributed by atoms with Gasteiger partial charge in [-0.05, 0) is 37.6 Å². The van der Waals surface area contributed by atoms with Crippen LogP contribution in [0.2, 0.25) is 0 Å². The molecule has 0 N–H and O–H groups in total. The van der Waals surface area contributed by atoms with E-state index >= 15 is 0 Å². The molecular formula is C14H14FN3O. The highest BCUT2D eigenvalue weighted by atomic mass is 19.1. The van der Waals surface area contributed by atoms with Gasteiger partial charge in [0.2, 0.25) is 0 Å². The molecule has 0 aliphatic carbocycles. The molecule has 5 heteroatoms. The van der Waals surface area contributed by atoms with E-state index in [0.29, 0.717) is 17.7 Å². The van der Waals surface area contributed by atoms with Crippen LogP contribution in [0, 0.1) is 5.82 Å². The number of aromatic nitrogens is 3. The van der Waals surface area contributed by atoms with Crippen molar-refractivity contribution in [1.29, 1.82) is 0 Å². The lowest BCUT2D eigenvalue weighted by atomic mass is 10.2. The van der Waals surface area contributed by atoms with E-state index in [4.69, 9.17) is 0 Å². The van der Waals surface area contributed by atoms with Crippen LogP contribution in [-0.2, 0) is 0 Å². The summed E-state index contributed by atoms with van der Waals surface area (Å²) < 4.78 is 14.5. The monoisotopic (exact) mass is 259 g/mol. The zero-order valence-electron chi connectivity index (χ0n) is 10.7. The van der Waals surface area contributed by atoms with Gasteiger partial charge in [0.25, 0.3) is 0 Å². The first kappa shape index (κ1) is 13.1. The van der Waals surface area contributed by atoms with Crippen molar-refractivity contribution < 1.29 is 9.18 Å². The van der Waals surface area contributed by atoms with E-state index < -0.39 is 0 Å². The zero-order valence-corrected chi connectivity index (χ0v) is 10.7. The first-order valence-electron chi connectivity index (χ1n) is 5.96. The van der Waals surface area contributed by atoms with Crippen molar-refractivity contribution in [2.75, 3.05) is 0 Å². The molecule has 0 unspecified atom stereocenters. The molecule has 0 saturated heterocycles. The summed E-state index contributed by atoms with van der Waals surface area (Å²) in [6, 6.07) is 6.21. The normalized spacial score (nSPS) is 11.4. The van der Waals surface area contributed by atoms with Gasteiger partial charge >= 0.3 is 0 Å². The maximum atomic E-state index is 12.8.